The van der Waals surface area contributed by atoms with Crippen molar-refractivity contribution in [1.29, 1.82) is 0 Å². The van der Waals surface area contributed by atoms with Gasteiger partial charge in [-0.2, -0.15) is 5.10 Å². The summed E-state index contributed by atoms with van der Waals surface area (Å²) in [4.78, 5) is 23.3. The second-order valence-corrected chi connectivity index (χ2v) is 6.57. The summed E-state index contributed by atoms with van der Waals surface area (Å²) in [5.41, 5.74) is 4.91. The first-order valence-corrected chi connectivity index (χ1v) is 8.61. The number of hydrogen-bond donors (Lipinski definition) is 0. The summed E-state index contributed by atoms with van der Waals surface area (Å²) in [5.74, 6) is 0.212. The summed E-state index contributed by atoms with van der Waals surface area (Å²) in [7, 11) is 3.49. The number of methoxy groups -OCH3 is 1. The van der Waals surface area contributed by atoms with E-state index in [2.05, 4.69) is 15.1 Å². The molecule has 0 unspecified atom stereocenters. The molecule has 0 radical (unpaired) electrons. The van der Waals surface area contributed by atoms with E-state index in [0.29, 0.717) is 6.54 Å². The third-order valence-electron chi connectivity index (χ3n) is 4.90. The van der Waals surface area contributed by atoms with Gasteiger partial charge >= 0.3 is 0 Å². The smallest absolute Gasteiger partial charge is 0.248 e. The predicted molar refractivity (Wildman–Crippen MR) is 94.1 cm³/mol. The Hall–Kier alpha value is -2.28. The van der Waals surface area contributed by atoms with Gasteiger partial charge in [0.1, 0.15) is 6.61 Å². The van der Waals surface area contributed by atoms with Crippen LogP contribution in [-0.2, 0) is 16.6 Å². The van der Waals surface area contributed by atoms with E-state index in [9.17, 15) is 4.79 Å². The quantitative estimate of drug-likeness (QED) is 0.847. The molecule has 25 heavy (non-hydrogen) atoms. The van der Waals surface area contributed by atoms with Crippen LogP contribution in [0, 0.1) is 13.8 Å². The zero-order valence-electron chi connectivity index (χ0n) is 15.3. The molecule has 1 saturated heterocycles. The summed E-state index contributed by atoms with van der Waals surface area (Å²) in [5, 5.41) is 4.51. The lowest BCUT2D eigenvalue weighted by Crippen LogP contribution is -2.41. The van der Waals surface area contributed by atoms with Gasteiger partial charge < -0.3 is 9.64 Å². The van der Waals surface area contributed by atoms with Gasteiger partial charge in [0.25, 0.3) is 0 Å². The zero-order chi connectivity index (χ0) is 18.0. The van der Waals surface area contributed by atoms with Crippen molar-refractivity contribution in [1.82, 2.24) is 24.6 Å². The normalized spacial score (nSPS) is 17.8. The van der Waals surface area contributed by atoms with Crippen LogP contribution in [0.4, 0.5) is 0 Å². The van der Waals surface area contributed by atoms with Gasteiger partial charge in [0.15, 0.2) is 0 Å². The first-order chi connectivity index (χ1) is 12.0. The van der Waals surface area contributed by atoms with Crippen LogP contribution in [0.5, 0.6) is 0 Å². The van der Waals surface area contributed by atoms with Crippen LogP contribution >= 0.6 is 0 Å². The Bertz CT molecular complexity index is 771. The molecule has 134 valence electrons. The molecule has 0 aromatic carbocycles. The maximum atomic E-state index is 12.2. The predicted octanol–water partition coefficient (Wildman–Crippen LogP) is 1.85. The number of carbonyl (C=O) groups is 1. The summed E-state index contributed by atoms with van der Waals surface area (Å²) < 4.78 is 6.87. The van der Waals surface area contributed by atoms with Crippen LogP contribution in [0.25, 0.3) is 11.3 Å². The highest BCUT2D eigenvalue weighted by Crippen LogP contribution is 2.34. The van der Waals surface area contributed by atoms with Crippen molar-refractivity contribution in [2.24, 2.45) is 7.05 Å². The van der Waals surface area contributed by atoms with E-state index < -0.39 is 0 Å². The lowest BCUT2D eigenvalue weighted by atomic mass is 9.91. The lowest BCUT2D eigenvalue weighted by Gasteiger charge is -2.33. The molecule has 0 bridgehead atoms. The molecule has 7 nitrogen and oxygen atoms in total. The second-order valence-electron chi connectivity index (χ2n) is 6.57. The first-order valence-electron chi connectivity index (χ1n) is 8.61. The van der Waals surface area contributed by atoms with Crippen LogP contribution in [0.3, 0.4) is 0 Å². The molecule has 2 aromatic heterocycles. The van der Waals surface area contributed by atoms with E-state index in [0.717, 1.165) is 47.7 Å². The molecule has 7 heteroatoms. The van der Waals surface area contributed by atoms with Gasteiger partial charge in [0.05, 0.1) is 17.1 Å². The highest BCUT2D eigenvalue weighted by Gasteiger charge is 2.29. The molecule has 0 N–H and O–H groups in total. The average Bonchev–Trinajstić information content (AvgIpc) is 2.87. The van der Waals surface area contributed by atoms with Gasteiger partial charge in [-0.05, 0) is 26.7 Å². The third-order valence-corrected chi connectivity index (χ3v) is 4.90. The van der Waals surface area contributed by atoms with Crippen molar-refractivity contribution in [3.05, 3.63) is 29.5 Å². The number of likely N-dealkylation sites (tertiary alicyclic amines) is 1. The Kier molecular flexibility index (Phi) is 5.13. The molecule has 1 amide bonds. The Labute approximate surface area is 148 Å². The molecular formula is C18H25N5O2. The second kappa shape index (κ2) is 7.31. The number of amides is 1. The van der Waals surface area contributed by atoms with Gasteiger partial charge in [-0.3, -0.25) is 19.4 Å². The fourth-order valence-corrected chi connectivity index (χ4v) is 3.60. The maximum absolute atomic E-state index is 12.2. The highest BCUT2D eigenvalue weighted by atomic mass is 16.5. The van der Waals surface area contributed by atoms with E-state index in [-0.39, 0.29) is 18.4 Å². The highest BCUT2D eigenvalue weighted by molar-refractivity contribution is 5.77. The van der Waals surface area contributed by atoms with Gasteiger partial charge in [-0.1, -0.05) is 0 Å². The fourth-order valence-electron chi connectivity index (χ4n) is 3.60. The maximum Gasteiger partial charge on any atom is 0.248 e. The van der Waals surface area contributed by atoms with Crippen LogP contribution in [-0.4, -0.2) is 57.4 Å². The summed E-state index contributed by atoms with van der Waals surface area (Å²) >= 11 is 0. The van der Waals surface area contributed by atoms with Gasteiger partial charge in [0.2, 0.25) is 5.91 Å². The van der Waals surface area contributed by atoms with Gasteiger partial charge in [-0.25, -0.2) is 0 Å². The number of hydrogen-bond acceptors (Lipinski definition) is 5. The number of piperidine rings is 1. The number of rotatable bonds is 4. The molecular weight excluding hydrogens is 318 g/mol. The minimum atomic E-state index is 0.0337. The number of nitrogens with zero attached hydrogens (tertiary/aromatic N) is 5. The molecule has 0 aliphatic carbocycles. The van der Waals surface area contributed by atoms with Crippen molar-refractivity contribution >= 4 is 5.91 Å². The van der Waals surface area contributed by atoms with E-state index in [1.54, 1.807) is 19.5 Å². The van der Waals surface area contributed by atoms with E-state index >= 15 is 0 Å². The Morgan fingerprint density at radius 2 is 2.08 bits per heavy atom. The summed E-state index contributed by atoms with van der Waals surface area (Å²) in [6, 6.07) is 0. The Morgan fingerprint density at radius 3 is 2.76 bits per heavy atom. The van der Waals surface area contributed by atoms with Gasteiger partial charge in [-0.15, -0.1) is 0 Å². The Balaban J connectivity index is 1.94. The zero-order valence-corrected chi connectivity index (χ0v) is 15.3. The molecule has 1 aliphatic rings. The molecule has 1 aliphatic heterocycles. The molecule has 3 rings (SSSR count). The molecule has 3 heterocycles. The number of ether oxygens (including phenoxy) is 1. The van der Waals surface area contributed by atoms with Crippen molar-refractivity contribution in [2.75, 3.05) is 26.8 Å². The van der Waals surface area contributed by atoms with E-state index in [4.69, 9.17) is 4.74 Å². The van der Waals surface area contributed by atoms with Crippen LogP contribution in [0.2, 0.25) is 0 Å². The topological polar surface area (TPSA) is 73.1 Å². The Morgan fingerprint density at radius 1 is 1.32 bits per heavy atom. The van der Waals surface area contributed by atoms with Gasteiger partial charge in [0, 0.05) is 56.8 Å². The van der Waals surface area contributed by atoms with Crippen LogP contribution < -0.4 is 0 Å². The molecule has 1 fully saturated rings. The van der Waals surface area contributed by atoms with Crippen molar-refractivity contribution < 1.29 is 9.53 Å². The van der Waals surface area contributed by atoms with Crippen molar-refractivity contribution in [2.45, 2.75) is 32.6 Å². The number of aromatic nitrogens is 4. The average molecular weight is 343 g/mol. The standard InChI is InChI=1S/C18H25N5O2/c1-12-16(13(2)22(3)21-12)18-17(19-7-8-20-18)14-6-5-9-23(10-14)15(24)11-25-4/h7-8,14H,5-6,9-11H2,1-4H3/t14-/m1/s1. The number of aryl methyl sites for hydroxylation is 2. The molecule has 0 spiro atoms. The molecule has 1 atom stereocenters. The summed E-state index contributed by atoms with van der Waals surface area (Å²) in [6.07, 6.45) is 5.42. The lowest BCUT2D eigenvalue weighted by molar-refractivity contribution is -0.136. The van der Waals surface area contributed by atoms with E-state index in [1.807, 2.05) is 30.5 Å². The molecule has 0 saturated carbocycles. The largest absolute Gasteiger partial charge is 0.375 e. The van der Waals surface area contributed by atoms with Crippen LogP contribution in [0.1, 0.15) is 35.8 Å². The first kappa shape index (κ1) is 17.5. The van der Waals surface area contributed by atoms with Crippen LogP contribution in [0.15, 0.2) is 12.4 Å². The monoisotopic (exact) mass is 343 g/mol. The third kappa shape index (κ3) is 3.42. The van der Waals surface area contributed by atoms with E-state index in [1.165, 1.54) is 0 Å². The van der Waals surface area contributed by atoms with Crippen molar-refractivity contribution in [3.63, 3.8) is 0 Å². The van der Waals surface area contributed by atoms with Crippen molar-refractivity contribution in [3.8, 4) is 11.3 Å². The summed E-state index contributed by atoms with van der Waals surface area (Å²) in [6.45, 7) is 5.60. The fraction of sp³-hybridized carbons (Fsp3) is 0.556. The minimum Gasteiger partial charge on any atom is -0.375 e. The molecule has 2 aromatic rings. The SMILES string of the molecule is COCC(=O)N1CCC[C@@H](c2nccnc2-c2c(C)nn(C)c2C)C1. The number of carbonyl (C=O) groups excluding carboxylic acids is 1. The minimum absolute atomic E-state index is 0.0337.